The summed E-state index contributed by atoms with van der Waals surface area (Å²) >= 11 is 0. The lowest BCUT2D eigenvalue weighted by Gasteiger charge is -2.29. The van der Waals surface area contributed by atoms with E-state index in [-0.39, 0.29) is 5.91 Å². The van der Waals surface area contributed by atoms with Gasteiger partial charge in [0.25, 0.3) is 0 Å². The number of amides is 1. The number of hydrogen-bond donors (Lipinski definition) is 2. The molecule has 0 aromatic carbocycles. The summed E-state index contributed by atoms with van der Waals surface area (Å²) in [6.45, 7) is 4.17. The minimum atomic E-state index is -0.680. The standard InChI is InChI=1S/C15H26N4O/c1-15(11-16,12-6-7-12)18-14(20)10-19(2)9-13-5-3-4-8-17-13/h12-13,17H,3-10H2,1-2H3,(H,18,20). The van der Waals surface area contributed by atoms with Crippen LogP contribution in [0.25, 0.3) is 0 Å². The fraction of sp³-hybridized carbons (Fsp3) is 0.867. The molecule has 1 amide bonds. The monoisotopic (exact) mass is 278 g/mol. The maximum absolute atomic E-state index is 12.1. The van der Waals surface area contributed by atoms with E-state index in [1.165, 1.54) is 19.3 Å². The summed E-state index contributed by atoms with van der Waals surface area (Å²) in [4.78, 5) is 14.1. The van der Waals surface area contributed by atoms with Crippen LogP contribution < -0.4 is 10.6 Å². The SMILES string of the molecule is CN(CC(=O)NC(C)(C#N)C1CC1)CC1CCCCN1. The molecule has 5 heteroatoms. The molecule has 1 aliphatic heterocycles. The highest BCUT2D eigenvalue weighted by molar-refractivity contribution is 5.79. The fourth-order valence-electron chi connectivity index (χ4n) is 2.98. The van der Waals surface area contributed by atoms with Crippen molar-refractivity contribution in [2.45, 2.75) is 50.6 Å². The van der Waals surface area contributed by atoms with E-state index in [4.69, 9.17) is 0 Å². The summed E-state index contributed by atoms with van der Waals surface area (Å²) in [6, 6.07) is 2.76. The zero-order chi connectivity index (χ0) is 14.6. The van der Waals surface area contributed by atoms with Crippen LogP contribution in [0, 0.1) is 17.2 Å². The molecule has 0 bridgehead atoms. The number of carbonyl (C=O) groups is 1. The molecule has 5 nitrogen and oxygen atoms in total. The zero-order valence-electron chi connectivity index (χ0n) is 12.6. The molecule has 1 saturated heterocycles. The molecule has 112 valence electrons. The first-order valence-corrected chi connectivity index (χ1v) is 7.67. The van der Waals surface area contributed by atoms with Gasteiger partial charge in [0.05, 0.1) is 12.6 Å². The van der Waals surface area contributed by atoms with Crippen LogP contribution in [-0.2, 0) is 4.79 Å². The van der Waals surface area contributed by atoms with Gasteiger partial charge in [0.2, 0.25) is 5.91 Å². The third kappa shape index (κ3) is 4.19. The molecule has 1 saturated carbocycles. The average molecular weight is 278 g/mol. The highest BCUT2D eigenvalue weighted by Crippen LogP contribution is 2.39. The Morgan fingerprint density at radius 2 is 2.20 bits per heavy atom. The Morgan fingerprint density at radius 3 is 2.75 bits per heavy atom. The lowest BCUT2D eigenvalue weighted by Crippen LogP contribution is -2.51. The molecule has 0 radical (unpaired) electrons. The van der Waals surface area contributed by atoms with Gasteiger partial charge in [0.1, 0.15) is 5.54 Å². The first-order chi connectivity index (χ1) is 9.53. The van der Waals surface area contributed by atoms with Crippen molar-refractivity contribution in [1.29, 1.82) is 5.26 Å². The van der Waals surface area contributed by atoms with Crippen molar-refractivity contribution in [1.82, 2.24) is 15.5 Å². The van der Waals surface area contributed by atoms with Crippen molar-refractivity contribution in [2.75, 3.05) is 26.7 Å². The van der Waals surface area contributed by atoms with Crippen LogP contribution in [0.3, 0.4) is 0 Å². The van der Waals surface area contributed by atoms with Gasteiger partial charge in [-0.3, -0.25) is 9.69 Å². The van der Waals surface area contributed by atoms with Crippen LogP contribution in [0.4, 0.5) is 0 Å². The van der Waals surface area contributed by atoms with E-state index in [0.717, 1.165) is 25.9 Å². The van der Waals surface area contributed by atoms with Crippen LogP contribution in [0.15, 0.2) is 0 Å². The maximum Gasteiger partial charge on any atom is 0.235 e. The number of likely N-dealkylation sites (N-methyl/N-ethyl adjacent to an activating group) is 1. The summed E-state index contributed by atoms with van der Waals surface area (Å²) < 4.78 is 0. The Balaban J connectivity index is 1.74. The van der Waals surface area contributed by atoms with Crippen LogP contribution in [0.5, 0.6) is 0 Å². The smallest absolute Gasteiger partial charge is 0.235 e. The number of rotatable bonds is 6. The molecular formula is C15H26N4O. The molecule has 0 aromatic heterocycles. The van der Waals surface area contributed by atoms with Crippen molar-refractivity contribution < 1.29 is 4.79 Å². The van der Waals surface area contributed by atoms with Gasteiger partial charge < -0.3 is 10.6 Å². The number of hydrogen-bond acceptors (Lipinski definition) is 4. The zero-order valence-corrected chi connectivity index (χ0v) is 12.6. The Morgan fingerprint density at radius 1 is 1.45 bits per heavy atom. The fourth-order valence-corrected chi connectivity index (χ4v) is 2.98. The number of nitrogens with zero attached hydrogens (tertiary/aromatic N) is 2. The predicted octanol–water partition coefficient (Wildman–Crippen LogP) is 0.869. The van der Waals surface area contributed by atoms with Crippen molar-refractivity contribution in [2.24, 2.45) is 5.92 Å². The van der Waals surface area contributed by atoms with Crippen molar-refractivity contribution >= 4 is 5.91 Å². The lowest BCUT2D eigenvalue weighted by molar-refractivity contribution is -0.123. The lowest BCUT2D eigenvalue weighted by atomic mass is 9.98. The van der Waals surface area contributed by atoms with Crippen LogP contribution in [0.2, 0.25) is 0 Å². The van der Waals surface area contributed by atoms with Crippen molar-refractivity contribution in [3.63, 3.8) is 0 Å². The van der Waals surface area contributed by atoms with E-state index in [9.17, 15) is 10.1 Å². The molecule has 2 N–H and O–H groups in total. The highest BCUT2D eigenvalue weighted by atomic mass is 16.2. The quantitative estimate of drug-likeness (QED) is 0.756. The Kier molecular flexibility index (Phi) is 5.00. The summed E-state index contributed by atoms with van der Waals surface area (Å²) in [5.41, 5.74) is -0.680. The Hall–Kier alpha value is -1.12. The van der Waals surface area contributed by atoms with Gasteiger partial charge in [-0.2, -0.15) is 5.26 Å². The first kappa shape index (κ1) is 15.3. The largest absolute Gasteiger partial charge is 0.337 e. The third-order valence-corrected chi connectivity index (χ3v) is 4.38. The molecular weight excluding hydrogens is 252 g/mol. The van der Waals surface area contributed by atoms with E-state index < -0.39 is 5.54 Å². The van der Waals surface area contributed by atoms with Crippen LogP contribution >= 0.6 is 0 Å². The predicted molar refractivity (Wildman–Crippen MR) is 78.0 cm³/mol. The van der Waals surface area contributed by atoms with Crippen molar-refractivity contribution in [3.8, 4) is 6.07 Å². The third-order valence-electron chi connectivity index (χ3n) is 4.38. The molecule has 2 atom stereocenters. The highest BCUT2D eigenvalue weighted by Gasteiger charge is 2.43. The number of nitrogens with one attached hydrogen (secondary N) is 2. The summed E-state index contributed by atoms with van der Waals surface area (Å²) in [7, 11) is 1.97. The summed E-state index contributed by atoms with van der Waals surface area (Å²) in [6.07, 6.45) is 5.80. The van der Waals surface area contributed by atoms with Gasteiger partial charge in [0.15, 0.2) is 0 Å². The average Bonchev–Trinajstić information content (AvgIpc) is 3.24. The second-order valence-corrected chi connectivity index (χ2v) is 6.48. The topological polar surface area (TPSA) is 68.2 Å². The van der Waals surface area contributed by atoms with Gasteiger partial charge in [-0.1, -0.05) is 6.42 Å². The van der Waals surface area contributed by atoms with Gasteiger partial charge in [-0.15, -0.1) is 0 Å². The molecule has 0 aromatic rings. The minimum Gasteiger partial charge on any atom is -0.337 e. The summed E-state index contributed by atoms with van der Waals surface area (Å²) in [5, 5.41) is 15.6. The number of nitriles is 1. The summed E-state index contributed by atoms with van der Waals surface area (Å²) in [5.74, 6) is 0.293. The molecule has 2 unspecified atom stereocenters. The van der Waals surface area contributed by atoms with Gasteiger partial charge in [-0.25, -0.2) is 0 Å². The molecule has 2 fully saturated rings. The van der Waals surface area contributed by atoms with Gasteiger partial charge in [0, 0.05) is 12.6 Å². The molecule has 1 aliphatic carbocycles. The van der Waals surface area contributed by atoms with E-state index in [1.807, 2.05) is 18.9 Å². The molecule has 2 rings (SSSR count). The van der Waals surface area contributed by atoms with Gasteiger partial charge in [-0.05, 0) is 52.1 Å². The molecule has 1 heterocycles. The van der Waals surface area contributed by atoms with Gasteiger partial charge >= 0.3 is 0 Å². The van der Waals surface area contributed by atoms with E-state index in [2.05, 4.69) is 16.7 Å². The number of piperidine rings is 1. The molecule has 0 spiro atoms. The van der Waals surface area contributed by atoms with E-state index >= 15 is 0 Å². The van der Waals surface area contributed by atoms with E-state index in [1.54, 1.807) is 0 Å². The minimum absolute atomic E-state index is 0.0424. The maximum atomic E-state index is 12.1. The number of carbonyl (C=O) groups excluding carboxylic acids is 1. The molecule has 20 heavy (non-hydrogen) atoms. The van der Waals surface area contributed by atoms with Crippen LogP contribution in [0.1, 0.15) is 39.0 Å². The first-order valence-electron chi connectivity index (χ1n) is 7.67. The Bertz CT molecular complexity index is 382. The van der Waals surface area contributed by atoms with Crippen molar-refractivity contribution in [3.05, 3.63) is 0 Å². The molecule has 2 aliphatic rings. The normalized spacial score (nSPS) is 25.8. The second-order valence-electron chi connectivity index (χ2n) is 6.48. The van der Waals surface area contributed by atoms with Crippen LogP contribution in [-0.4, -0.2) is 49.1 Å². The Labute approximate surface area is 121 Å². The van der Waals surface area contributed by atoms with E-state index in [0.29, 0.717) is 18.5 Å². The second kappa shape index (κ2) is 6.55.